The standard InChI is InChI=1S/C13H18F3NO4/c1-6-12(4,5)11(20)17-9(18)8(3)21-10(19)7(2)13(14,15)16/h8H,2,6H2,1,3-5H3,(H,17,18,20). The molecule has 0 radical (unpaired) electrons. The minimum atomic E-state index is -4.94. The Morgan fingerprint density at radius 3 is 2.10 bits per heavy atom. The van der Waals surface area contributed by atoms with Crippen molar-refractivity contribution in [3.05, 3.63) is 12.2 Å². The summed E-state index contributed by atoms with van der Waals surface area (Å²) in [4.78, 5) is 34.5. The molecule has 0 aliphatic rings. The van der Waals surface area contributed by atoms with Gasteiger partial charge >= 0.3 is 12.1 Å². The highest BCUT2D eigenvalue weighted by Crippen LogP contribution is 2.25. The van der Waals surface area contributed by atoms with E-state index in [4.69, 9.17) is 0 Å². The van der Waals surface area contributed by atoms with Crippen molar-refractivity contribution in [2.24, 2.45) is 5.41 Å². The number of hydrogen-bond acceptors (Lipinski definition) is 4. The SMILES string of the molecule is C=C(C(=O)OC(C)C(=O)NC(=O)C(C)(C)CC)C(F)(F)F. The predicted molar refractivity (Wildman–Crippen MR) is 68.0 cm³/mol. The van der Waals surface area contributed by atoms with Crippen molar-refractivity contribution in [3.63, 3.8) is 0 Å². The van der Waals surface area contributed by atoms with Crippen molar-refractivity contribution in [1.82, 2.24) is 5.32 Å². The van der Waals surface area contributed by atoms with Crippen LogP contribution in [0, 0.1) is 5.41 Å². The van der Waals surface area contributed by atoms with Gasteiger partial charge < -0.3 is 4.74 Å². The Hall–Kier alpha value is -1.86. The van der Waals surface area contributed by atoms with Crippen molar-refractivity contribution in [2.45, 2.75) is 46.4 Å². The molecule has 0 fully saturated rings. The van der Waals surface area contributed by atoms with Crippen molar-refractivity contribution in [2.75, 3.05) is 0 Å². The van der Waals surface area contributed by atoms with Gasteiger partial charge in [0.15, 0.2) is 6.10 Å². The first kappa shape index (κ1) is 19.1. The lowest BCUT2D eigenvalue weighted by Crippen LogP contribution is -2.45. The van der Waals surface area contributed by atoms with Crippen LogP contribution in [0.4, 0.5) is 13.2 Å². The number of imide groups is 1. The molecule has 0 saturated heterocycles. The van der Waals surface area contributed by atoms with E-state index in [1.165, 1.54) is 0 Å². The minimum Gasteiger partial charge on any atom is -0.449 e. The molecular formula is C13H18F3NO4. The van der Waals surface area contributed by atoms with Crippen LogP contribution >= 0.6 is 0 Å². The van der Waals surface area contributed by atoms with Gasteiger partial charge in [-0.1, -0.05) is 27.4 Å². The highest BCUT2D eigenvalue weighted by molar-refractivity contribution is 6.00. The van der Waals surface area contributed by atoms with Crippen LogP contribution in [0.15, 0.2) is 12.2 Å². The summed E-state index contributed by atoms with van der Waals surface area (Å²) in [7, 11) is 0. The predicted octanol–water partition coefficient (Wildman–Crippen LogP) is 2.12. The zero-order valence-electron chi connectivity index (χ0n) is 12.3. The van der Waals surface area contributed by atoms with Gasteiger partial charge in [0.25, 0.3) is 5.91 Å². The van der Waals surface area contributed by atoms with E-state index < -0.39 is 41.1 Å². The second kappa shape index (κ2) is 6.73. The first-order valence-corrected chi connectivity index (χ1v) is 6.15. The third-order valence-electron chi connectivity index (χ3n) is 2.98. The summed E-state index contributed by atoms with van der Waals surface area (Å²) in [6, 6.07) is 0. The molecule has 0 saturated carbocycles. The number of hydrogen-bond donors (Lipinski definition) is 1. The van der Waals surface area contributed by atoms with Gasteiger partial charge in [0, 0.05) is 5.41 Å². The fraction of sp³-hybridized carbons (Fsp3) is 0.615. The molecule has 0 aliphatic carbocycles. The average molecular weight is 309 g/mol. The van der Waals surface area contributed by atoms with Crippen LogP contribution in [0.25, 0.3) is 0 Å². The summed E-state index contributed by atoms with van der Waals surface area (Å²) < 4.78 is 40.9. The van der Waals surface area contributed by atoms with Gasteiger partial charge in [-0.05, 0) is 13.3 Å². The van der Waals surface area contributed by atoms with Gasteiger partial charge in [-0.15, -0.1) is 0 Å². The smallest absolute Gasteiger partial charge is 0.422 e. The van der Waals surface area contributed by atoms with Crippen LogP contribution in [0.3, 0.4) is 0 Å². The largest absolute Gasteiger partial charge is 0.449 e. The number of nitrogens with one attached hydrogen (secondary N) is 1. The summed E-state index contributed by atoms with van der Waals surface area (Å²) in [6.45, 7) is 8.54. The molecule has 0 aromatic heterocycles. The Balaban J connectivity index is 4.65. The molecule has 5 nitrogen and oxygen atoms in total. The molecule has 1 atom stereocenters. The highest BCUT2D eigenvalue weighted by atomic mass is 19.4. The fourth-order valence-electron chi connectivity index (χ4n) is 0.944. The molecule has 0 bridgehead atoms. The molecule has 0 aromatic rings. The van der Waals surface area contributed by atoms with Crippen LogP contribution in [-0.4, -0.2) is 30.1 Å². The molecule has 0 rings (SSSR count). The number of halogens is 3. The van der Waals surface area contributed by atoms with Gasteiger partial charge in [-0.2, -0.15) is 13.2 Å². The van der Waals surface area contributed by atoms with Crippen LogP contribution in [0.5, 0.6) is 0 Å². The molecule has 2 amide bonds. The van der Waals surface area contributed by atoms with Crippen LogP contribution in [0.1, 0.15) is 34.1 Å². The Morgan fingerprint density at radius 1 is 1.24 bits per heavy atom. The number of rotatable bonds is 5. The number of carbonyl (C=O) groups excluding carboxylic acids is 3. The van der Waals surface area contributed by atoms with E-state index in [0.717, 1.165) is 6.92 Å². The zero-order chi connectivity index (χ0) is 17.0. The second-order valence-electron chi connectivity index (χ2n) is 5.08. The van der Waals surface area contributed by atoms with Gasteiger partial charge in [0.05, 0.1) is 0 Å². The maximum absolute atomic E-state index is 12.2. The van der Waals surface area contributed by atoms with E-state index in [1.54, 1.807) is 20.8 Å². The second-order valence-corrected chi connectivity index (χ2v) is 5.08. The van der Waals surface area contributed by atoms with Crippen LogP contribution in [-0.2, 0) is 19.1 Å². The lowest BCUT2D eigenvalue weighted by molar-refractivity contribution is -0.160. The van der Waals surface area contributed by atoms with Gasteiger partial charge in [-0.25, -0.2) is 4.79 Å². The number of amides is 2. The molecule has 120 valence electrons. The Kier molecular flexibility index (Phi) is 6.13. The third kappa shape index (κ3) is 5.57. The van der Waals surface area contributed by atoms with Gasteiger partial charge in [-0.3, -0.25) is 14.9 Å². The number of ether oxygens (including phenoxy) is 1. The van der Waals surface area contributed by atoms with E-state index in [2.05, 4.69) is 11.3 Å². The molecule has 1 N–H and O–H groups in total. The Morgan fingerprint density at radius 2 is 1.71 bits per heavy atom. The number of carbonyl (C=O) groups is 3. The number of esters is 1. The van der Waals surface area contributed by atoms with Gasteiger partial charge in [0.2, 0.25) is 5.91 Å². The molecule has 0 heterocycles. The maximum Gasteiger partial charge on any atom is 0.422 e. The van der Waals surface area contributed by atoms with E-state index in [-0.39, 0.29) is 0 Å². The maximum atomic E-state index is 12.2. The molecule has 21 heavy (non-hydrogen) atoms. The van der Waals surface area contributed by atoms with Crippen molar-refractivity contribution >= 4 is 17.8 Å². The third-order valence-corrected chi connectivity index (χ3v) is 2.98. The lowest BCUT2D eigenvalue weighted by atomic mass is 9.89. The molecule has 0 spiro atoms. The Bertz CT molecular complexity index is 455. The van der Waals surface area contributed by atoms with E-state index in [0.29, 0.717) is 6.42 Å². The fourth-order valence-corrected chi connectivity index (χ4v) is 0.944. The average Bonchev–Trinajstić information content (AvgIpc) is 2.36. The molecular weight excluding hydrogens is 291 g/mol. The quantitative estimate of drug-likeness (QED) is 0.623. The molecule has 0 aliphatic heterocycles. The topological polar surface area (TPSA) is 72.5 Å². The first-order valence-electron chi connectivity index (χ1n) is 6.15. The summed E-state index contributed by atoms with van der Waals surface area (Å²) >= 11 is 0. The molecule has 1 unspecified atom stereocenters. The summed E-state index contributed by atoms with van der Waals surface area (Å²) in [5.41, 5.74) is -2.54. The lowest BCUT2D eigenvalue weighted by Gasteiger charge is -2.22. The van der Waals surface area contributed by atoms with Crippen LogP contribution in [0.2, 0.25) is 0 Å². The van der Waals surface area contributed by atoms with Gasteiger partial charge in [0.1, 0.15) is 5.57 Å². The van der Waals surface area contributed by atoms with E-state index in [1.807, 2.05) is 5.32 Å². The summed E-state index contributed by atoms with van der Waals surface area (Å²) in [5.74, 6) is -3.36. The van der Waals surface area contributed by atoms with E-state index in [9.17, 15) is 27.6 Å². The zero-order valence-corrected chi connectivity index (χ0v) is 12.3. The summed E-state index contributed by atoms with van der Waals surface area (Å²) in [5, 5.41) is 1.99. The molecule has 8 heteroatoms. The summed E-state index contributed by atoms with van der Waals surface area (Å²) in [6.07, 6.45) is -6.04. The monoisotopic (exact) mass is 309 g/mol. The Labute approximate surface area is 120 Å². The first-order chi connectivity index (χ1) is 9.32. The van der Waals surface area contributed by atoms with Crippen molar-refractivity contribution < 1.29 is 32.3 Å². The minimum absolute atomic E-state index is 0.450. The molecule has 0 aromatic carbocycles. The van der Waals surface area contributed by atoms with Crippen molar-refractivity contribution in [3.8, 4) is 0 Å². The highest BCUT2D eigenvalue weighted by Gasteiger charge is 2.39. The van der Waals surface area contributed by atoms with Crippen molar-refractivity contribution in [1.29, 1.82) is 0 Å². The van der Waals surface area contributed by atoms with Crippen LogP contribution < -0.4 is 5.32 Å². The van der Waals surface area contributed by atoms with E-state index >= 15 is 0 Å². The normalized spacial score (nSPS) is 13.3. The number of alkyl halides is 3.